The maximum absolute atomic E-state index is 12.9. The second kappa shape index (κ2) is 10.0. The molecular formula is C27H18BrN3O2S2. The number of carbonyl (C=O) groups excluding carboxylic acids is 1. The van der Waals surface area contributed by atoms with Gasteiger partial charge in [-0.2, -0.15) is 5.26 Å². The van der Waals surface area contributed by atoms with E-state index in [2.05, 4.69) is 27.3 Å². The quantitative estimate of drug-likeness (QED) is 0.254. The van der Waals surface area contributed by atoms with Crippen molar-refractivity contribution in [2.45, 2.75) is 13.0 Å². The molecule has 2 aromatic carbocycles. The van der Waals surface area contributed by atoms with Gasteiger partial charge in [0.15, 0.2) is 0 Å². The summed E-state index contributed by atoms with van der Waals surface area (Å²) in [6.07, 6.45) is 3.64. The highest BCUT2D eigenvalue weighted by Crippen LogP contribution is 2.39. The van der Waals surface area contributed by atoms with Crippen molar-refractivity contribution < 1.29 is 9.53 Å². The average molecular weight is 560 g/mol. The highest BCUT2D eigenvalue weighted by atomic mass is 79.9. The predicted molar refractivity (Wildman–Crippen MR) is 146 cm³/mol. The van der Waals surface area contributed by atoms with Gasteiger partial charge in [-0.3, -0.25) is 4.79 Å². The largest absolute Gasteiger partial charge is 0.485 e. The zero-order chi connectivity index (χ0) is 24.4. The molecule has 0 aliphatic carbocycles. The van der Waals surface area contributed by atoms with Gasteiger partial charge in [-0.25, -0.2) is 4.98 Å². The van der Waals surface area contributed by atoms with Crippen LogP contribution in [0, 0.1) is 11.3 Å². The van der Waals surface area contributed by atoms with Crippen LogP contribution in [0.5, 0.6) is 5.75 Å². The van der Waals surface area contributed by atoms with Crippen LogP contribution in [0.15, 0.2) is 82.2 Å². The normalized spacial score (nSPS) is 14.9. The summed E-state index contributed by atoms with van der Waals surface area (Å²) in [4.78, 5) is 18.6. The number of halogens is 1. The second-order valence-electron chi connectivity index (χ2n) is 7.75. The Balaban J connectivity index is 1.52. The van der Waals surface area contributed by atoms with Crippen LogP contribution in [-0.4, -0.2) is 17.0 Å². The minimum absolute atomic E-state index is 0.207. The van der Waals surface area contributed by atoms with Crippen LogP contribution in [0.4, 0.5) is 5.00 Å². The number of benzene rings is 2. The first-order valence-corrected chi connectivity index (χ1v) is 13.2. The highest BCUT2D eigenvalue weighted by molar-refractivity contribution is 9.10. The lowest BCUT2D eigenvalue weighted by atomic mass is 10.0. The summed E-state index contributed by atoms with van der Waals surface area (Å²) in [6.45, 7) is 1.95. The van der Waals surface area contributed by atoms with E-state index in [0.29, 0.717) is 26.8 Å². The lowest BCUT2D eigenvalue weighted by molar-refractivity contribution is 0.102. The van der Waals surface area contributed by atoms with Crippen LogP contribution in [0.1, 0.15) is 27.9 Å². The van der Waals surface area contributed by atoms with E-state index >= 15 is 0 Å². The number of fused-ring (bicyclic) bond motifs is 1. The van der Waals surface area contributed by atoms with Gasteiger partial charge in [0.1, 0.15) is 33.6 Å². The molecule has 1 N–H and O–H groups in total. The Morgan fingerprint density at radius 1 is 1.17 bits per heavy atom. The smallest absolute Gasteiger partial charge is 0.256 e. The van der Waals surface area contributed by atoms with E-state index in [4.69, 9.17) is 9.72 Å². The number of hydrogen-bond donors (Lipinski definition) is 1. The lowest BCUT2D eigenvalue weighted by Crippen LogP contribution is -2.17. The van der Waals surface area contributed by atoms with Gasteiger partial charge in [0, 0.05) is 15.6 Å². The first-order chi connectivity index (χ1) is 17.0. The van der Waals surface area contributed by atoms with Gasteiger partial charge in [-0.05, 0) is 66.4 Å². The standard InChI is InChI=1S/C27H18BrN3O2S2/c1-16-19(13-18-5-2-3-6-22(18)33-16)14-20(15-29)26-30-24(23-7-4-12-34-23)27(35-26)31-25(32)17-8-10-21(28)11-9-17/h2-14,16H,1H3,(H,31,32). The number of nitrogens with zero attached hydrogens (tertiary/aromatic N) is 2. The number of para-hydroxylation sites is 1. The Kier molecular flexibility index (Phi) is 6.64. The van der Waals surface area contributed by atoms with Gasteiger partial charge < -0.3 is 10.1 Å². The SMILES string of the molecule is CC1Oc2ccccc2C=C1C=C(C#N)c1nc(-c2cccs2)c(NC(=O)c2ccc(Br)cc2)s1. The first-order valence-electron chi connectivity index (χ1n) is 10.7. The summed E-state index contributed by atoms with van der Waals surface area (Å²) in [6, 6.07) is 21.1. The molecule has 0 bridgehead atoms. The summed E-state index contributed by atoms with van der Waals surface area (Å²) in [5.74, 6) is 0.587. The van der Waals surface area contributed by atoms with E-state index in [1.54, 1.807) is 12.1 Å². The highest BCUT2D eigenvalue weighted by Gasteiger charge is 2.22. The van der Waals surface area contributed by atoms with Crippen molar-refractivity contribution in [3.8, 4) is 22.4 Å². The summed E-state index contributed by atoms with van der Waals surface area (Å²) in [5.41, 5.74) is 3.45. The maximum Gasteiger partial charge on any atom is 0.256 e. The molecule has 0 spiro atoms. The van der Waals surface area contributed by atoms with E-state index in [-0.39, 0.29) is 12.0 Å². The number of anilines is 1. The van der Waals surface area contributed by atoms with Gasteiger partial charge in [-0.1, -0.05) is 51.5 Å². The average Bonchev–Trinajstić information content (AvgIpc) is 3.53. The number of thiazole rings is 1. The third-order valence-corrected chi connectivity index (χ3v) is 7.80. The molecule has 1 amide bonds. The van der Waals surface area contributed by atoms with Crippen molar-refractivity contribution in [2.24, 2.45) is 0 Å². The van der Waals surface area contributed by atoms with Crippen LogP contribution in [0.3, 0.4) is 0 Å². The third kappa shape index (κ3) is 4.98. The van der Waals surface area contributed by atoms with Crippen LogP contribution >= 0.6 is 38.6 Å². The Morgan fingerprint density at radius 3 is 2.71 bits per heavy atom. The van der Waals surface area contributed by atoms with Gasteiger partial charge in [0.05, 0.1) is 10.5 Å². The zero-order valence-electron chi connectivity index (χ0n) is 18.5. The Labute approximate surface area is 219 Å². The molecule has 1 unspecified atom stereocenters. The predicted octanol–water partition coefficient (Wildman–Crippen LogP) is 7.66. The van der Waals surface area contributed by atoms with E-state index in [1.165, 1.54) is 22.7 Å². The summed E-state index contributed by atoms with van der Waals surface area (Å²) in [7, 11) is 0. The number of carbonyl (C=O) groups is 1. The van der Waals surface area contributed by atoms with Crippen molar-refractivity contribution >= 4 is 61.2 Å². The minimum atomic E-state index is -0.235. The number of allylic oxidation sites excluding steroid dienone is 1. The molecule has 0 radical (unpaired) electrons. The molecular weight excluding hydrogens is 542 g/mol. The van der Waals surface area contributed by atoms with Crippen molar-refractivity contribution in [1.29, 1.82) is 5.26 Å². The molecule has 4 aromatic rings. The van der Waals surface area contributed by atoms with E-state index in [0.717, 1.165) is 26.2 Å². The topological polar surface area (TPSA) is 75.0 Å². The number of nitriles is 1. The van der Waals surface area contributed by atoms with Crippen molar-refractivity contribution in [2.75, 3.05) is 5.32 Å². The number of amides is 1. The molecule has 0 saturated carbocycles. The second-order valence-corrected chi connectivity index (χ2v) is 10.6. The molecule has 3 heterocycles. The molecule has 172 valence electrons. The number of hydrogen-bond acceptors (Lipinski definition) is 6. The minimum Gasteiger partial charge on any atom is -0.485 e. The molecule has 1 aliphatic heterocycles. The molecule has 5 rings (SSSR count). The van der Waals surface area contributed by atoms with E-state index in [9.17, 15) is 10.1 Å². The fraction of sp³-hybridized carbons (Fsp3) is 0.0741. The lowest BCUT2D eigenvalue weighted by Gasteiger charge is -2.22. The molecule has 1 atom stereocenters. The fourth-order valence-electron chi connectivity index (χ4n) is 3.61. The Bertz CT molecular complexity index is 1500. The van der Waals surface area contributed by atoms with Gasteiger partial charge in [0.2, 0.25) is 0 Å². The number of thiophene rings is 1. The fourth-order valence-corrected chi connectivity index (χ4v) is 5.60. The molecule has 0 saturated heterocycles. The molecule has 0 fully saturated rings. The zero-order valence-corrected chi connectivity index (χ0v) is 21.7. The van der Waals surface area contributed by atoms with Crippen LogP contribution in [0.2, 0.25) is 0 Å². The van der Waals surface area contributed by atoms with Gasteiger partial charge >= 0.3 is 0 Å². The number of ether oxygens (including phenoxy) is 1. The Morgan fingerprint density at radius 2 is 1.97 bits per heavy atom. The van der Waals surface area contributed by atoms with Crippen LogP contribution in [-0.2, 0) is 0 Å². The summed E-state index contributed by atoms with van der Waals surface area (Å²) >= 11 is 6.21. The molecule has 8 heteroatoms. The van der Waals surface area contributed by atoms with E-state index in [1.807, 2.05) is 73.0 Å². The Hall–Kier alpha value is -3.51. The molecule has 35 heavy (non-hydrogen) atoms. The maximum atomic E-state index is 12.9. The van der Waals surface area contributed by atoms with Gasteiger partial charge in [0.25, 0.3) is 5.91 Å². The van der Waals surface area contributed by atoms with Crippen LogP contribution < -0.4 is 10.1 Å². The monoisotopic (exact) mass is 559 g/mol. The van der Waals surface area contributed by atoms with Crippen molar-refractivity contribution in [1.82, 2.24) is 4.98 Å². The summed E-state index contributed by atoms with van der Waals surface area (Å²) < 4.78 is 6.92. The first kappa shape index (κ1) is 23.2. The van der Waals surface area contributed by atoms with Gasteiger partial charge in [-0.15, -0.1) is 11.3 Å². The summed E-state index contributed by atoms with van der Waals surface area (Å²) in [5, 5.41) is 16.1. The third-order valence-electron chi connectivity index (χ3n) is 5.39. The molecule has 1 aliphatic rings. The van der Waals surface area contributed by atoms with Crippen molar-refractivity contribution in [3.05, 3.63) is 98.3 Å². The van der Waals surface area contributed by atoms with Crippen molar-refractivity contribution in [3.63, 3.8) is 0 Å². The molecule has 2 aromatic heterocycles. The number of rotatable bonds is 5. The van der Waals surface area contributed by atoms with E-state index < -0.39 is 0 Å². The number of aromatic nitrogens is 1. The number of nitrogens with one attached hydrogen (secondary N) is 1. The molecule has 5 nitrogen and oxygen atoms in total. The van der Waals surface area contributed by atoms with Crippen LogP contribution in [0.25, 0.3) is 22.2 Å².